The average Bonchev–Trinajstić information content (AvgIpc) is 3.42. The fourth-order valence-electron chi connectivity index (χ4n) is 2.76. The van der Waals surface area contributed by atoms with Crippen LogP contribution < -0.4 is 4.90 Å². The van der Waals surface area contributed by atoms with Gasteiger partial charge in [0.05, 0.1) is 16.9 Å². The molecule has 3 rings (SSSR count). The van der Waals surface area contributed by atoms with E-state index < -0.39 is 17.6 Å². The number of aldehydes is 1. The molecule has 136 valence electrons. The van der Waals surface area contributed by atoms with Gasteiger partial charge < -0.3 is 4.90 Å². The number of rotatable bonds is 5. The molecule has 1 heterocycles. The Labute approximate surface area is 148 Å². The molecule has 1 aliphatic rings. The fraction of sp³-hybridized carbons (Fsp3) is 0.316. The van der Waals surface area contributed by atoms with E-state index in [0.717, 1.165) is 18.9 Å². The number of nitrogens with zero attached hydrogens (tertiary/aromatic N) is 2. The molecule has 0 saturated heterocycles. The number of carbonyl (C=O) groups is 2. The third kappa shape index (κ3) is 3.92. The lowest BCUT2D eigenvalue weighted by molar-refractivity contribution is -0.137. The maximum atomic E-state index is 13.6. The lowest BCUT2D eigenvalue weighted by atomic mass is 10.0. The Morgan fingerprint density at radius 3 is 2.50 bits per heavy atom. The van der Waals surface area contributed by atoms with E-state index in [4.69, 9.17) is 0 Å². The van der Waals surface area contributed by atoms with Crippen LogP contribution in [0.1, 0.15) is 35.7 Å². The van der Waals surface area contributed by atoms with Crippen molar-refractivity contribution < 1.29 is 22.8 Å². The molecule has 1 amide bonds. The summed E-state index contributed by atoms with van der Waals surface area (Å²) in [5.41, 5.74) is -0.0662. The highest BCUT2D eigenvalue weighted by atomic mass is 19.4. The van der Waals surface area contributed by atoms with Crippen molar-refractivity contribution in [3.05, 3.63) is 47.7 Å². The van der Waals surface area contributed by atoms with Crippen LogP contribution in [-0.2, 0) is 11.0 Å². The SMILES string of the molecule is CC(=O)N(CC1CC1)c1ccc(-c2ccc(C=O)cn2)cc1C(F)(F)F. The van der Waals surface area contributed by atoms with Crippen LogP contribution in [0, 0.1) is 5.92 Å². The zero-order valence-electron chi connectivity index (χ0n) is 14.1. The predicted molar refractivity (Wildman–Crippen MR) is 90.8 cm³/mol. The first-order chi connectivity index (χ1) is 12.3. The number of anilines is 1. The molecule has 1 aromatic heterocycles. The molecule has 26 heavy (non-hydrogen) atoms. The summed E-state index contributed by atoms with van der Waals surface area (Å²) in [6, 6.07) is 6.81. The number of carbonyl (C=O) groups excluding carboxylic acids is 2. The van der Waals surface area contributed by atoms with Gasteiger partial charge in [-0.2, -0.15) is 13.2 Å². The highest BCUT2D eigenvalue weighted by Crippen LogP contribution is 2.40. The van der Waals surface area contributed by atoms with Gasteiger partial charge in [0.25, 0.3) is 0 Å². The van der Waals surface area contributed by atoms with E-state index in [0.29, 0.717) is 24.1 Å². The van der Waals surface area contributed by atoms with E-state index in [1.807, 2.05) is 0 Å². The average molecular weight is 362 g/mol. The zero-order chi connectivity index (χ0) is 18.9. The van der Waals surface area contributed by atoms with Crippen molar-refractivity contribution in [2.45, 2.75) is 25.9 Å². The number of benzene rings is 1. The molecule has 1 fully saturated rings. The lowest BCUT2D eigenvalue weighted by Crippen LogP contribution is -2.32. The molecule has 2 aromatic rings. The van der Waals surface area contributed by atoms with Crippen LogP contribution in [-0.4, -0.2) is 23.7 Å². The highest BCUT2D eigenvalue weighted by Gasteiger charge is 2.37. The number of amides is 1. The summed E-state index contributed by atoms with van der Waals surface area (Å²) in [5, 5.41) is 0. The summed E-state index contributed by atoms with van der Waals surface area (Å²) < 4.78 is 40.9. The standard InChI is InChI=1S/C19H17F3N2O2/c1-12(26)24(10-13-2-3-13)18-7-5-15(8-16(18)19(20,21)22)17-6-4-14(11-25)9-23-17/h4-9,11,13H,2-3,10H2,1H3. The minimum Gasteiger partial charge on any atom is -0.312 e. The summed E-state index contributed by atoms with van der Waals surface area (Å²) in [4.78, 5) is 27.8. The van der Waals surface area contributed by atoms with Gasteiger partial charge in [0, 0.05) is 30.8 Å². The number of halogens is 3. The molecular weight excluding hydrogens is 345 g/mol. The van der Waals surface area contributed by atoms with Crippen molar-refractivity contribution in [2.75, 3.05) is 11.4 Å². The second-order valence-corrected chi connectivity index (χ2v) is 6.40. The fourth-order valence-corrected chi connectivity index (χ4v) is 2.76. The molecule has 0 aliphatic heterocycles. The van der Waals surface area contributed by atoms with E-state index in [9.17, 15) is 22.8 Å². The predicted octanol–water partition coefficient (Wildman–Crippen LogP) is 4.34. The summed E-state index contributed by atoms with van der Waals surface area (Å²) in [6.07, 6.45) is -0.833. The van der Waals surface area contributed by atoms with Crippen molar-refractivity contribution in [2.24, 2.45) is 5.92 Å². The Morgan fingerprint density at radius 1 is 1.27 bits per heavy atom. The number of alkyl halides is 3. The van der Waals surface area contributed by atoms with Crippen LogP contribution in [0.5, 0.6) is 0 Å². The molecule has 0 N–H and O–H groups in total. The maximum Gasteiger partial charge on any atom is 0.418 e. The minimum absolute atomic E-state index is 0.134. The number of hydrogen-bond acceptors (Lipinski definition) is 3. The first-order valence-corrected chi connectivity index (χ1v) is 8.20. The van der Waals surface area contributed by atoms with Gasteiger partial charge in [-0.05, 0) is 43.0 Å². The van der Waals surface area contributed by atoms with Gasteiger partial charge in [0.15, 0.2) is 6.29 Å². The smallest absolute Gasteiger partial charge is 0.312 e. The summed E-state index contributed by atoms with van der Waals surface area (Å²) in [7, 11) is 0. The Bertz CT molecular complexity index is 828. The molecule has 7 heteroatoms. The Balaban J connectivity index is 2.04. The molecular formula is C19H17F3N2O2. The van der Waals surface area contributed by atoms with Gasteiger partial charge in [-0.3, -0.25) is 14.6 Å². The summed E-state index contributed by atoms with van der Waals surface area (Å²) in [5.74, 6) is -0.152. The van der Waals surface area contributed by atoms with Gasteiger partial charge in [0.2, 0.25) is 5.91 Å². The quantitative estimate of drug-likeness (QED) is 0.744. The highest BCUT2D eigenvalue weighted by molar-refractivity contribution is 5.93. The largest absolute Gasteiger partial charge is 0.418 e. The third-order valence-corrected chi connectivity index (χ3v) is 4.33. The maximum absolute atomic E-state index is 13.6. The second kappa shape index (κ2) is 6.90. The molecule has 1 saturated carbocycles. The van der Waals surface area contributed by atoms with Gasteiger partial charge in [-0.25, -0.2) is 0 Å². The van der Waals surface area contributed by atoms with E-state index in [1.54, 1.807) is 0 Å². The van der Waals surface area contributed by atoms with Crippen molar-refractivity contribution in [1.29, 1.82) is 0 Å². The number of pyridine rings is 1. The molecule has 1 aromatic carbocycles. The normalized spacial score (nSPS) is 14.2. The van der Waals surface area contributed by atoms with Crippen molar-refractivity contribution >= 4 is 17.9 Å². The van der Waals surface area contributed by atoms with Crippen LogP contribution in [0.3, 0.4) is 0 Å². The summed E-state index contributed by atoms with van der Waals surface area (Å²) >= 11 is 0. The van der Waals surface area contributed by atoms with Gasteiger partial charge in [-0.1, -0.05) is 6.07 Å². The monoisotopic (exact) mass is 362 g/mol. The first kappa shape index (κ1) is 18.1. The van der Waals surface area contributed by atoms with Crippen LogP contribution in [0.25, 0.3) is 11.3 Å². The van der Waals surface area contributed by atoms with E-state index in [-0.39, 0.29) is 17.2 Å². The molecule has 0 unspecified atom stereocenters. The van der Waals surface area contributed by atoms with Gasteiger partial charge >= 0.3 is 6.18 Å². The van der Waals surface area contributed by atoms with Crippen LogP contribution in [0.15, 0.2) is 36.5 Å². The zero-order valence-corrected chi connectivity index (χ0v) is 14.1. The van der Waals surface area contributed by atoms with E-state index >= 15 is 0 Å². The van der Waals surface area contributed by atoms with Crippen LogP contribution in [0.4, 0.5) is 18.9 Å². The molecule has 4 nitrogen and oxygen atoms in total. The minimum atomic E-state index is -4.61. The van der Waals surface area contributed by atoms with Crippen molar-refractivity contribution in [3.63, 3.8) is 0 Å². The van der Waals surface area contributed by atoms with E-state index in [1.165, 1.54) is 42.3 Å². The number of aromatic nitrogens is 1. The van der Waals surface area contributed by atoms with Gasteiger partial charge in [0.1, 0.15) is 0 Å². The first-order valence-electron chi connectivity index (χ1n) is 8.20. The molecule has 0 bridgehead atoms. The Morgan fingerprint density at radius 2 is 2.00 bits per heavy atom. The Hall–Kier alpha value is -2.70. The van der Waals surface area contributed by atoms with E-state index in [2.05, 4.69) is 4.98 Å². The van der Waals surface area contributed by atoms with Crippen LogP contribution in [0.2, 0.25) is 0 Å². The third-order valence-electron chi connectivity index (χ3n) is 4.33. The van der Waals surface area contributed by atoms with Crippen LogP contribution >= 0.6 is 0 Å². The van der Waals surface area contributed by atoms with Crippen molar-refractivity contribution in [3.8, 4) is 11.3 Å². The topological polar surface area (TPSA) is 50.3 Å². The molecule has 1 aliphatic carbocycles. The Kier molecular flexibility index (Phi) is 4.80. The molecule has 0 spiro atoms. The second-order valence-electron chi connectivity index (χ2n) is 6.40. The lowest BCUT2D eigenvalue weighted by Gasteiger charge is -2.25. The van der Waals surface area contributed by atoms with Gasteiger partial charge in [-0.15, -0.1) is 0 Å². The molecule has 0 atom stereocenters. The molecule has 0 radical (unpaired) electrons. The summed E-state index contributed by atoms with van der Waals surface area (Å²) in [6.45, 7) is 1.57. The number of hydrogen-bond donors (Lipinski definition) is 0. The van der Waals surface area contributed by atoms with Crippen molar-refractivity contribution in [1.82, 2.24) is 4.98 Å².